The van der Waals surface area contributed by atoms with Crippen molar-refractivity contribution in [2.45, 2.75) is 32.6 Å². The number of benzene rings is 1. The van der Waals surface area contributed by atoms with E-state index in [0.717, 1.165) is 0 Å². The van der Waals surface area contributed by atoms with Crippen LogP contribution in [0.1, 0.15) is 31.9 Å². The number of hydrogen-bond acceptors (Lipinski definition) is 3. The second kappa shape index (κ2) is 5.98. The maximum Gasteiger partial charge on any atom is 0.218 e. The molecule has 0 saturated heterocycles. The van der Waals surface area contributed by atoms with E-state index in [1.165, 1.54) is 4.31 Å². The van der Waals surface area contributed by atoms with Crippen LogP contribution in [0.4, 0.5) is 0 Å². The third-order valence-electron chi connectivity index (χ3n) is 2.68. The molecule has 1 aromatic carbocycles. The summed E-state index contributed by atoms with van der Waals surface area (Å²) >= 11 is 0. The van der Waals surface area contributed by atoms with Gasteiger partial charge in [-0.25, -0.2) is 8.42 Å². The Morgan fingerprint density at radius 1 is 1.28 bits per heavy atom. The summed E-state index contributed by atoms with van der Waals surface area (Å²) in [6.07, 6.45) is 0. The van der Waals surface area contributed by atoms with Gasteiger partial charge in [0.25, 0.3) is 0 Å². The fourth-order valence-electron chi connectivity index (χ4n) is 1.85. The highest BCUT2D eigenvalue weighted by atomic mass is 32.2. The largest absolute Gasteiger partial charge is 0.218 e. The zero-order valence-corrected chi connectivity index (χ0v) is 11.7. The van der Waals surface area contributed by atoms with Crippen molar-refractivity contribution in [2.75, 3.05) is 6.54 Å². The van der Waals surface area contributed by atoms with Crippen molar-refractivity contribution in [1.29, 1.82) is 5.26 Å². The van der Waals surface area contributed by atoms with Gasteiger partial charge in [0, 0.05) is 12.6 Å². The molecule has 0 bridgehead atoms. The minimum absolute atomic E-state index is 0.0231. The molecule has 0 aliphatic carbocycles. The fraction of sp³-hybridized carbons (Fsp3) is 0.462. The van der Waals surface area contributed by atoms with Gasteiger partial charge in [-0.05, 0) is 31.5 Å². The molecule has 0 unspecified atom stereocenters. The van der Waals surface area contributed by atoms with Crippen LogP contribution in [0.2, 0.25) is 0 Å². The molecule has 0 radical (unpaired) electrons. The van der Waals surface area contributed by atoms with Gasteiger partial charge >= 0.3 is 0 Å². The van der Waals surface area contributed by atoms with E-state index in [1.54, 1.807) is 24.3 Å². The maximum absolute atomic E-state index is 12.2. The van der Waals surface area contributed by atoms with Crippen LogP contribution >= 0.6 is 0 Å². The summed E-state index contributed by atoms with van der Waals surface area (Å²) < 4.78 is 25.9. The van der Waals surface area contributed by atoms with E-state index in [2.05, 4.69) is 0 Å². The zero-order chi connectivity index (χ0) is 13.8. The van der Waals surface area contributed by atoms with E-state index in [9.17, 15) is 8.42 Å². The van der Waals surface area contributed by atoms with E-state index in [4.69, 9.17) is 5.26 Å². The highest BCUT2D eigenvalue weighted by Gasteiger charge is 2.23. The smallest absolute Gasteiger partial charge is 0.212 e. The average molecular weight is 266 g/mol. The predicted molar refractivity (Wildman–Crippen MR) is 71.3 cm³/mol. The lowest BCUT2D eigenvalue weighted by molar-refractivity contribution is 0.368. The van der Waals surface area contributed by atoms with Gasteiger partial charge in [-0.15, -0.1) is 0 Å². The highest BCUT2D eigenvalue weighted by molar-refractivity contribution is 7.88. The van der Waals surface area contributed by atoms with Gasteiger partial charge in [0.15, 0.2) is 0 Å². The minimum atomic E-state index is -3.29. The molecule has 5 heteroatoms. The standard InChI is InChI=1S/C13H18N2O2S/c1-4-15(11(2)3)18(16,17)10-13-7-5-12(9-14)6-8-13/h5-8,11H,4,10H2,1-3H3. The van der Waals surface area contributed by atoms with Gasteiger partial charge in [0.1, 0.15) is 0 Å². The summed E-state index contributed by atoms with van der Waals surface area (Å²) in [5, 5.41) is 8.68. The van der Waals surface area contributed by atoms with Crippen molar-refractivity contribution in [1.82, 2.24) is 4.31 Å². The second-order valence-corrected chi connectivity index (χ2v) is 6.28. The van der Waals surface area contributed by atoms with Gasteiger partial charge in [-0.2, -0.15) is 9.57 Å². The Hall–Kier alpha value is -1.38. The summed E-state index contributed by atoms with van der Waals surface area (Å²) in [6, 6.07) is 8.61. The van der Waals surface area contributed by atoms with Gasteiger partial charge in [0.2, 0.25) is 10.0 Å². The SMILES string of the molecule is CCN(C(C)C)S(=O)(=O)Cc1ccc(C#N)cc1. The van der Waals surface area contributed by atoms with E-state index >= 15 is 0 Å². The van der Waals surface area contributed by atoms with Crippen LogP contribution in [0.15, 0.2) is 24.3 Å². The van der Waals surface area contributed by atoms with Crippen molar-refractivity contribution in [3.63, 3.8) is 0 Å². The molecule has 98 valence electrons. The third kappa shape index (κ3) is 3.56. The lowest BCUT2D eigenvalue weighted by Gasteiger charge is -2.24. The summed E-state index contributed by atoms with van der Waals surface area (Å²) in [5.41, 5.74) is 1.24. The Labute approximate surface area is 109 Å². The Morgan fingerprint density at radius 2 is 1.83 bits per heavy atom. The first-order chi connectivity index (χ1) is 8.40. The predicted octanol–water partition coefficient (Wildman–Crippen LogP) is 2.12. The average Bonchev–Trinajstić information content (AvgIpc) is 2.29. The van der Waals surface area contributed by atoms with E-state index in [0.29, 0.717) is 17.7 Å². The molecule has 0 atom stereocenters. The highest BCUT2D eigenvalue weighted by Crippen LogP contribution is 2.14. The monoisotopic (exact) mass is 266 g/mol. The van der Waals surface area contributed by atoms with Crippen molar-refractivity contribution < 1.29 is 8.42 Å². The van der Waals surface area contributed by atoms with Gasteiger partial charge in [-0.3, -0.25) is 0 Å². The first-order valence-electron chi connectivity index (χ1n) is 5.89. The number of nitriles is 1. The molecule has 0 saturated carbocycles. The molecule has 0 amide bonds. The van der Waals surface area contributed by atoms with Gasteiger partial charge in [-0.1, -0.05) is 19.1 Å². The minimum Gasteiger partial charge on any atom is -0.212 e. The Balaban J connectivity index is 2.91. The van der Waals surface area contributed by atoms with Gasteiger partial charge in [0.05, 0.1) is 17.4 Å². The van der Waals surface area contributed by atoms with Crippen molar-refractivity contribution >= 4 is 10.0 Å². The Kier molecular flexibility index (Phi) is 4.88. The van der Waals surface area contributed by atoms with Crippen molar-refractivity contribution in [3.05, 3.63) is 35.4 Å². The molecule has 0 aromatic heterocycles. The van der Waals surface area contributed by atoms with Crippen LogP contribution in [0.3, 0.4) is 0 Å². The second-order valence-electron chi connectivity index (χ2n) is 4.36. The van der Waals surface area contributed by atoms with Crippen molar-refractivity contribution in [2.24, 2.45) is 0 Å². The summed E-state index contributed by atoms with van der Waals surface area (Å²) in [5.74, 6) is -0.0231. The van der Waals surface area contributed by atoms with Crippen LogP contribution in [-0.2, 0) is 15.8 Å². The quantitative estimate of drug-likeness (QED) is 0.820. The van der Waals surface area contributed by atoms with Crippen molar-refractivity contribution in [3.8, 4) is 6.07 Å². The molecule has 0 aliphatic heterocycles. The van der Waals surface area contributed by atoms with E-state index < -0.39 is 10.0 Å². The molecular formula is C13H18N2O2S. The van der Waals surface area contributed by atoms with Crippen LogP contribution in [-0.4, -0.2) is 25.3 Å². The molecule has 0 N–H and O–H groups in total. The van der Waals surface area contributed by atoms with Crippen LogP contribution in [0.25, 0.3) is 0 Å². The number of hydrogen-bond donors (Lipinski definition) is 0. The number of nitrogens with zero attached hydrogens (tertiary/aromatic N) is 2. The first-order valence-corrected chi connectivity index (χ1v) is 7.50. The van der Waals surface area contributed by atoms with Crippen LogP contribution in [0, 0.1) is 11.3 Å². The van der Waals surface area contributed by atoms with Crippen LogP contribution < -0.4 is 0 Å². The summed E-state index contributed by atoms with van der Waals surface area (Å²) in [7, 11) is -3.29. The number of rotatable bonds is 5. The van der Waals surface area contributed by atoms with Crippen LogP contribution in [0.5, 0.6) is 0 Å². The summed E-state index contributed by atoms with van der Waals surface area (Å²) in [6.45, 7) is 6.02. The number of sulfonamides is 1. The Morgan fingerprint density at radius 3 is 2.22 bits per heavy atom. The molecule has 0 spiro atoms. The van der Waals surface area contributed by atoms with E-state index in [1.807, 2.05) is 26.8 Å². The lowest BCUT2D eigenvalue weighted by atomic mass is 10.2. The molecule has 1 rings (SSSR count). The van der Waals surface area contributed by atoms with Gasteiger partial charge < -0.3 is 0 Å². The normalized spacial score (nSPS) is 11.8. The molecule has 4 nitrogen and oxygen atoms in total. The molecule has 0 aliphatic rings. The topological polar surface area (TPSA) is 61.2 Å². The molecular weight excluding hydrogens is 248 g/mol. The maximum atomic E-state index is 12.2. The Bertz CT molecular complexity index is 527. The summed E-state index contributed by atoms with van der Waals surface area (Å²) in [4.78, 5) is 0. The first kappa shape index (κ1) is 14.7. The zero-order valence-electron chi connectivity index (χ0n) is 10.9. The lowest BCUT2D eigenvalue weighted by Crippen LogP contribution is -2.37. The molecule has 0 fully saturated rings. The molecule has 1 aromatic rings. The molecule has 18 heavy (non-hydrogen) atoms. The molecule has 0 heterocycles. The third-order valence-corrected chi connectivity index (χ3v) is 4.77. The van der Waals surface area contributed by atoms with E-state index in [-0.39, 0.29) is 11.8 Å². The fourth-order valence-corrected chi connectivity index (χ4v) is 3.67.